The zero-order chi connectivity index (χ0) is 23.8. The maximum atomic E-state index is 14.1. The van der Waals surface area contributed by atoms with E-state index in [9.17, 15) is 19.1 Å². The first kappa shape index (κ1) is 21.1. The first-order valence-corrected chi connectivity index (χ1v) is 10.4. The molecule has 0 atom stereocenters. The Morgan fingerprint density at radius 1 is 0.794 bits per heavy atom. The van der Waals surface area contributed by atoms with E-state index in [1.165, 1.54) is 18.2 Å². The van der Waals surface area contributed by atoms with Gasteiger partial charge >= 0.3 is 0 Å². The van der Waals surface area contributed by atoms with Gasteiger partial charge in [0.1, 0.15) is 23.5 Å². The third-order valence-electron chi connectivity index (χ3n) is 5.71. The van der Waals surface area contributed by atoms with Crippen LogP contribution in [0.15, 0.2) is 85.1 Å². The maximum Gasteiger partial charge on any atom is 0.141 e. The van der Waals surface area contributed by atoms with Gasteiger partial charge in [-0.05, 0) is 59.2 Å². The van der Waals surface area contributed by atoms with Crippen molar-refractivity contribution in [2.45, 2.75) is 0 Å². The Morgan fingerprint density at radius 2 is 1.50 bits per heavy atom. The topological polar surface area (TPSA) is 82.9 Å². The van der Waals surface area contributed by atoms with Crippen LogP contribution in [0, 0.1) is 23.0 Å². The number of rotatable bonds is 3. The Morgan fingerprint density at radius 3 is 2.21 bits per heavy atom. The summed E-state index contributed by atoms with van der Waals surface area (Å²) in [7, 11) is 0. The number of phenolic OH excluding ortho intramolecular Hbond substituents is 1. The molecule has 6 heteroatoms. The number of anilines is 1. The molecule has 3 N–H and O–H groups in total. The van der Waals surface area contributed by atoms with Crippen molar-refractivity contribution in [1.29, 1.82) is 5.26 Å². The molecule has 1 heterocycles. The van der Waals surface area contributed by atoms with Crippen molar-refractivity contribution in [2.24, 2.45) is 0 Å². The summed E-state index contributed by atoms with van der Waals surface area (Å²) in [4.78, 5) is 4.53. The molecule has 0 aliphatic carbocycles. The summed E-state index contributed by atoms with van der Waals surface area (Å²) >= 11 is 0. The molecule has 0 bridgehead atoms. The van der Waals surface area contributed by atoms with Gasteiger partial charge in [0.05, 0.1) is 11.1 Å². The zero-order valence-corrected chi connectivity index (χ0v) is 17.8. The molecule has 0 saturated heterocycles. The molecule has 0 aliphatic rings. The lowest BCUT2D eigenvalue weighted by atomic mass is 9.90. The van der Waals surface area contributed by atoms with Crippen molar-refractivity contribution in [2.75, 3.05) is 5.73 Å². The maximum absolute atomic E-state index is 14.1. The van der Waals surface area contributed by atoms with Crippen LogP contribution in [0.3, 0.4) is 0 Å². The number of nitriles is 1. The Bertz CT molecular complexity index is 1590. The van der Waals surface area contributed by atoms with Gasteiger partial charge in [-0.3, -0.25) is 4.98 Å². The number of fused-ring (bicyclic) bond motifs is 1. The predicted octanol–water partition coefficient (Wildman–Crippen LogP) is 6.67. The number of aromatic hydroxyl groups is 1. The normalized spacial score (nSPS) is 10.9. The number of aromatic nitrogens is 1. The van der Waals surface area contributed by atoms with Crippen LogP contribution in [-0.2, 0) is 0 Å². The van der Waals surface area contributed by atoms with Gasteiger partial charge in [0.25, 0.3) is 0 Å². The van der Waals surface area contributed by atoms with Crippen molar-refractivity contribution in [3.8, 4) is 45.2 Å². The molecule has 4 aromatic carbocycles. The van der Waals surface area contributed by atoms with Crippen LogP contribution >= 0.6 is 0 Å². The lowest BCUT2D eigenvalue weighted by Crippen LogP contribution is -1.94. The average molecular weight is 449 g/mol. The Balaban J connectivity index is 1.84. The van der Waals surface area contributed by atoms with Gasteiger partial charge in [-0.2, -0.15) is 5.26 Å². The van der Waals surface area contributed by atoms with E-state index in [-0.39, 0.29) is 11.3 Å². The molecule has 0 spiro atoms. The first-order valence-electron chi connectivity index (χ1n) is 10.4. The van der Waals surface area contributed by atoms with Crippen LogP contribution in [0.1, 0.15) is 5.56 Å². The summed E-state index contributed by atoms with van der Waals surface area (Å²) in [6, 6.07) is 22.9. The summed E-state index contributed by atoms with van der Waals surface area (Å²) in [5, 5.41) is 20.6. The number of hydrogen-bond acceptors (Lipinski definition) is 4. The third kappa shape index (κ3) is 3.70. The van der Waals surface area contributed by atoms with Crippen molar-refractivity contribution in [3.63, 3.8) is 0 Å². The largest absolute Gasteiger partial charge is 0.506 e. The minimum atomic E-state index is -0.689. The minimum Gasteiger partial charge on any atom is -0.506 e. The van der Waals surface area contributed by atoms with Crippen LogP contribution in [0.2, 0.25) is 0 Å². The molecule has 5 rings (SSSR count). The van der Waals surface area contributed by atoms with Crippen molar-refractivity contribution < 1.29 is 13.9 Å². The highest BCUT2D eigenvalue weighted by Gasteiger charge is 2.17. The van der Waals surface area contributed by atoms with Gasteiger partial charge in [-0.15, -0.1) is 0 Å². The first-order chi connectivity index (χ1) is 16.4. The summed E-state index contributed by atoms with van der Waals surface area (Å²) in [6.07, 6.45) is 1.59. The third-order valence-corrected chi connectivity index (χ3v) is 5.71. The van der Waals surface area contributed by atoms with E-state index in [4.69, 9.17) is 5.73 Å². The van der Waals surface area contributed by atoms with E-state index in [1.807, 2.05) is 24.3 Å². The Hall–Kier alpha value is -4.76. The van der Waals surface area contributed by atoms with Crippen molar-refractivity contribution in [1.82, 2.24) is 4.98 Å². The molecule has 1 aromatic heterocycles. The highest BCUT2D eigenvalue weighted by atomic mass is 19.1. The van der Waals surface area contributed by atoms with Gasteiger partial charge in [-0.25, -0.2) is 8.78 Å². The van der Waals surface area contributed by atoms with E-state index in [0.29, 0.717) is 44.4 Å². The van der Waals surface area contributed by atoms with E-state index >= 15 is 0 Å². The highest BCUT2D eigenvalue weighted by molar-refractivity contribution is 6.04. The molecule has 5 aromatic rings. The van der Waals surface area contributed by atoms with Crippen LogP contribution < -0.4 is 5.73 Å². The van der Waals surface area contributed by atoms with Crippen LogP contribution in [0.25, 0.3) is 44.3 Å². The van der Waals surface area contributed by atoms with Crippen LogP contribution in [-0.4, -0.2) is 10.1 Å². The number of pyridine rings is 1. The average Bonchev–Trinajstić information content (AvgIpc) is 2.83. The number of para-hydroxylation sites is 1. The molecule has 4 nitrogen and oxygen atoms in total. The summed E-state index contributed by atoms with van der Waals surface area (Å²) in [5.41, 5.74) is 10.8. The predicted molar refractivity (Wildman–Crippen MR) is 129 cm³/mol. The van der Waals surface area contributed by atoms with Gasteiger partial charge in [0, 0.05) is 40.0 Å². The number of nitrogen functional groups attached to an aromatic ring is 1. The van der Waals surface area contributed by atoms with Gasteiger partial charge in [0.15, 0.2) is 0 Å². The summed E-state index contributed by atoms with van der Waals surface area (Å²) in [5.74, 6) is -1.50. The molecule has 34 heavy (non-hydrogen) atoms. The summed E-state index contributed by atoms with van der Waals surface area (Å²) in [6.45, 7) is 0. The SMILES string of the molecule is N#Cc1cccc(-c2ccc3ncc(-c4cc(F)cc(F)c4)c(-c4ccc(N)cc4)c3c2)c1O. The van der Waals surface area contributed by atoms with Crippen molar-refractivity contribution in [3.05, 3.63) is 102 Å². The number of benzene rings is 4. The van der Waals surface area contributed by atoms with E-state index in [0.717, 1.165) is 11.6 Å². The molecule has 0 fully saturated rings. The number of nitrogens with zero attached hydrogens (tertiary/aromatic N) is 2. The van der Waals surface area contributed by atoms with Crippen molar-refractivity contribution >= 4 is 16.6 Å². The highest BCUT2D eigenvalue weighted by Crippen LogP contribution is 2.40. The molecular formula is C28H17F2N3O. The molecule has 0 amide bonds. The van der Waals surface area contributed by atoms with Crippen LogP contribution in [0.4, 0.5) is 14.5 Å². The fraction of sp³-hybridized carbons (Fsp3) is 0. The van der Waals surface area contributed by atoms with Gasteiger partial charge in [0.2, 0.25) is 0 Å². The van der Waals surface area contributed by atoms with E-state index in [1.54, 1.807) is 42.6 Å². The number of phenols is 1. The van der Waals surface area contributed by atoms with E-state index in [2.05, 4.69) is 4.98 Å². The van der Waals surface area contributed by atoms with Crippen LogP contribution in [0.5, 0.6) is 5.75 Å². The quantitative estimate of drug-likeness (QED) is 0.301. The van der Waals surface area contributed by atoms with Gasteiger partial charge < -0.3 is 10.8 Å². The number of nitrogens with two attached hydrogens (primary N) is 1. The Labute approximate surface area is 194 Å². The zero-order valence-electron chi connectivity index (χ0n) is 17.8. The molecule has 164 valence electrons. The second-order valence-electron chi connectivity index (χ2n) is 7.87. The fourth-order valence-corrected chi connectivity index (χ4v) is 4.12. The lowest BCUT2D eigenvalue weighted by Gasteiger charge is -2.15. The molecular weight excluding hydrogens is 432 g/mol. The number of halogens is 2. The van der Waals surface area contributed by atoms with Gasteiger partial charge in [-0.1, -0.05) is 30.3 Å². The van der Waals surface area contributed by atoms with E-state index < -0.39 is 11.6 Å². The monoisotopic (exact) mass is 449 g/mol. The second kappa shape index (κ2) is 8.30. The fourth-order valence-electron chi connectivity index (χ4n) is 4.12. The molecule has 0 radical (unpaired) electrons. The smallest absolute Gasteiger partial charge is 0.141 e. The number of hydrogen-bond donors (Lipinski definition) is 2. The second-order valence-corrected chi connectivity index (χ2v) is 7.87. The summed E-state index contributed by atoms with van der Waals surface area (Å²) < 4.78 is 28.2. The molecule has 0 saturated carbocycles. The minimum absolute atomic E-state index is 0.116. The lowest BCUT2D eigenvalue weighted by molar-refractivity contribution is 0.475. The standard InChI is InChI=1S/C28H17F2N3O/c29-20-10-19(11-21(30)13-20)25-15-33-26-9-6-17(23-3-1-2-18(14-31)28(23)34)12-24(26)27(25)16-4-7-22(32)8-5-16/h1-13,15,34H,32H2. The Kier molecular flexibility index (Phi) is 5.15. The molecule has 0 aliphatic heterocycles. The molecule has 0 unspecified atom stereocenters.